The first-order valence-electron chi connectivity index (χ1n) is 26.9. The van der Waals surface area contributed by atoms with Crippen molar-refractivity contribution in [3.8, 4) is 0 Å². The number of aliphatic hydroxyl groups excluding tert-OH is 5. The van der Waals surface area contributed by atoms with Gasteiger partial charge in [0.15, 0.2) is 0 Å². The van der Waals surface area contributed by atoms with E-state index in [0.29, 0.717) is 82.9 Å². The molecular formula is C55H96Br2O9. The summed E-state index contributed by atoms with van der Waals surface area (Å²) in [4.78, 5) is 22.7. The first-order valence-corrected chi connectivity index (χ1v) is 29.1. The van der Waals surface area contributed by atoms with E-state index >= 15 is 0 Å². The second-order valence-electron chi connectivity index (χ2n) is 24.3. The van der Waals surface area contributed by atoms with Crippen molar-refractivity contribution in [2.75, 3.05) is 24.9 Å². The number of hydrogen-bond acceptors (Lipinski definition) is 8. The summed E-state index contributed by atoms with van der Waals surface area (Å²) in [5.41, 5.74) is 1.10. The first kappa shape index (κ1) is 56.6. The predicted octanol–water partition coefficient (Wildman–Crippen LogP) is 11.6. The van der Waals surface area contributed by atoms with Gasteiger partial charge in [-0.2, -0.15) is 0 Å². The molecule has 20 atom stereocenters. The van der Waals surface area contributed by atoms with Gasteiger partial charge in [-0.05, 0) is 221 Å². The summed E-state index contributed by atoms with van der Waals surface area (Å²) in [5.74, 6) is 5.53. The SMILES string of the molecule is BrCCCCCBr.CO.COC(=O)CC[C@@H](C)[C@H]1CC[C@@H]2C3[C@@H](CC[C@@]21C)[C@@]1(C)CC[C@H](O)CC1C[C@@H]3O.C[C@H](CCC(=O)O)[C@H]1CC[C@@H]2C3[C@@H](CC[C@@]21C)[C@@]1(C)CC[C@H](O)CC1C[C@@H]3O. The average molecular weight is 1060 g/mol. The largest absolute Gasteiger partial charge is 0.481 e. The van der Waals surface area contributed by atoms with Crippen molar-refractivity contribution in [1.82, 2.24) is 0 Å². The van der Waals surface area contributed by atoms with Crippen LogP contribution < -0.4 is 0 Å². The number of aliphatic hydroxyl groups is 5. The average Bonchev–Trinajstić information content (AvgIpc) is 3.84. The molecular weight excluding hydrogens is 964 g/mol. The molecule has 8 saturated carbocycles. The highest BCUT2D eigenvalue weighted by molar-refractivity contribution is 9.09. The molecule has 0 saturated heterocycles. The molecule has 0 aliphatic heterocycles. The number of alkyl halides is 2. The van der Waals surface area contributed by atoms with Gasteiger partial charge < -0.3 is 35.4 Å². The van der Waals surface area contributed by atoms with E-state index in [4.69, 9.17) is 14.9 Å². The van der Waals surface area contributed by atoms with E-state index in [1.54, 1.807) is 0 Å². The van der Waals surface area contributed by atoms with Gasteiger partial charge >= 0.3 is 11.9 Å². The van der Waals surface area contributed by atoms with E-state index in [-0.39, 0.29) is 53.1 Å². The molecule has 0 amide bonds. The fraction of sp³-hybridized carbons (Fsp3) is 0.964. The molecule has 384 valence electrons. The Morgan fingerprint density at radius 3 is 1.32 bits per heavy atom. The predicted molar refractivity (Wildman–Crippen MR) is 271 cm³/mol. The molecule has 8 fully saturated rings. The minimum atomic E-state index is -0.684. The number of halogens is 2. The summed E-state index contributed by atoms with van der Waals surface area (Å²) in [6.07, 6.45) is 23.0. The van der Waals surface area contributed by atoms with Crippen molar-refractivity contribution in [3.05, 3.63) is 0 Å². The van der Waals surface area contributed by atoms with Crippen molar-refractivity contribution < 1.29 is 45.0 Å². The zero-order chi connectivity index (χ0) is 48.8. The molecule has 66 heavy (non-hydrogen) atoms. The van der Waals surface area contributed by atoms with Crippen molar-refractivity contribution >= 4 is 43.8 Å². The van der Waals surface area contributed by atoms with Gasteiger partial charge in [0.1, 0.15) is 0 Å². The lowest BCUT2D eigenvalue weighted by atomic mass is 9.43. The zero-order valence-corrected chi connectivity index (χ0v) is 45.8. The summed E-state index contributed by atoms with van der Waals surface area (Å²) in [6.45, 7) is 14.5. The van der Waals surface area contributed by atoms with Gasteiger partial charge in [0.25, 0.3) is 0 Å². The minimum Gasteiger partial charge on any atom is -0.481 e. The smallest absolute Gasteiger partial charge is 0.305 e. The van der Waals surface area contributed by atoms with Crippen LogP contribution in [0.15, 0.2) is 0 Å². The number of aliphatic carboxylic acids is 1. The number of hydrogen-bond donors (Lipinski definition) is 6. The van der Waals surface area contributed by atoms with Crippen LogP contribution >= 0.6 is 31.9 Å². The minimum absolute atomic E-state index is 0.0959. The fourth-order valence-electron chi connectivity index (χ4n) is 17.9. The normalized spacial score (nSPS) is 45.1. The van der Waals surface area contributed by atoms with Gasteiger partial charge in [-0.25, -0.2) is 0 Å². The molecule has 11 heteroatoms. The molecule has 0 spiro atoms. The number of carbonyl (C=O) groups is 2. The Hall–Kier alpha value is -0.300. The van der Waals surface area contributed by atoms with E-state index in [0.717, 1.165) is 82.0 Å². The van der Waals surface area contributed by atoms with Crippen molar-refractivity contribution in [2.45, 2.75) is 214 Å². The molecule has 6 N–H and O–H groups in total. The third-order valence-electron chi connectivity index (χ3n) is 21.4. The van der Waals surface area contributed by atoms with Gasteiger partial charge in [-0.3, -0.25) is 9.59 Å². The Morgan fingerprint density at radius 2 is 0.939 bits per heavy atom. The number of carboxylic acid groups (broad SMARTS) is 1. The number of esters is 1. The Bertz CT molecular complexity index is 1530. The molecule has 4 unspecified atom stereocenters. The van der Waals surface area contributed by atoms with Crippen LogP contribution in [0.2, 0.25) is 0 Å². The van der Waals surface area contributed by atoms with Crippen LogP contribution in [0.3, 0.4) is 0 Å². The highest BCUT2D eigenvalue weighted by atomic mass is 79.9. The monoisotopic (exact) mass is 1060 g/mol. The van der Waals surface area contributed by atoms with Crippen molar-refractivity contribution in [3.63, 3.8) is 0 Å². The number of ether oxygens (including phenoxy) is 1. The highest BCUT2D eigenvalue weighted by Crippen LogP contribution is 2.70. The molecule has 0 heterocycles. The summed E-state index contributed by atoms with van der Waals surface area (Å²) in [5, 5.41) is 61.4. The van der Waals surface area contributed by atoms with E-state index in [2.05, 4.69) is 73.4 Å². The number of methoxy groups -OCH3 is 1. The highest BCUT2D eigenvalue weighted by Gasteiger charge is 2.64. The summed E-state index contributed by atoms with van der Waals surface area (Å²) in [7, 11) is 2.48. The lowest BCUT2D eigenvalue weighted by molar-refractivity contribution is -0.174. The first-order chi connectivity index (χ1) is 31.3. The molecule has 0 aromatic heterocycles. The maximum Gasteiger partial charge on any atom is 0.305 e. The molecule has 0 radical (unpaired) electrons. The molecule has 8 aliphatic rings. The maximum absolute atomic E-state index is 11.6. The Balaban J connectivity index is 0.000000210. The van der Waals surface area contributed by atoms with Crippen LogP contribution in [-0.4, -0.2) is 91.9 Å². The summed E-state index contributed by atoms with van der Waals surface area (Å²) >= 11 is 6.73. The zero-order valence-electron chi connectivity index (χ0n) is 42.6. The van der Waals surface area contributed by atoms with Crippen molar-refractivity contribution in [2.24, 2.45) is 92.7 Å². The summed E-state index contributed by atoms with van der Waals surface area (Å²) in [6, 6.07) is 0. The topological polar surface area (TPSA) is 165 Å². The Labute approximate surface area is 417 Å². The molecule has 8 aliphatic carbocycles. The third kappa shape index (κ3) is 11.8. The van der Waals surface area contributed by atoms with E-state index < -0.39 is 5.97 Å². The van der Waals surface area contributed by atoms with E-state index in [1.165, 1.54) is 77.7 Å². The van der Waals surface area contributed by atoms with Crippen LogP contribution in [0.25, 0.3) is 0 Å². The molecule has 0 aromatic carbocycles. The van der Waals surface area contributed by atoms with Gasteiger partial charge in [0.2, 0.25) is 0 Å². The van der Waals surface area contributed by atoms with Gasteiger partial charge in [-0.1, -0.05) is 79.8 Å². The standard InChI is InChI=1S/C25H42O4.C24H40O4.C5H10Br2.CH4O/c1-15(5-8-22(28)29-4)18-6-7-19-23-20(10-12-25(18,19)3)24(2)11-9-17(26)13-16(24)14-21(23)27;1-14(4-7-21(27)28)17-5-6-18-22-19(9-11-24(17,18)3)23(2)10-8-16(25)12-15(23)13-20(22)26;6-4-2-1-3-5-7;1-2/h15-21,23,26-27H,5-14H2,1-4H3;14-20,22,25-26H,4-13H2,1-3H3,(H,27,28);1-5H2;2H,1H3/t15-,16?,17+,18-,19-,20-,21+,23?,24+,25-;14-,15?,16+,17-,18-,19-,20+,22?,23+,24-;;/m11../s1. The second-order valence-corrected chi connectivity index (χ2v) is 25.9. The second kappa shape index (κ2) is 24.4. The lowest BCUT2D eigenvalue weighted by Gasteiger charge is -2.62. The van der Waals surface area contributed by atoms with Crippen molar-refractivity contribution in [1.29, 1.82) is 0 Å². The summed E-state index contributed by atoms with van der Waals surface area (Å²) < 4.78 is 4.86. The van der Waals surface area contributed by atoms with Crippen LogP contribution in [0, 0.1) is 92.7 Å². The number of unbranched alkanes of at least 4 members (excludes halogenated alkanes) is 2. The van der Waals surface area contributed by atoms with Gasteiger partial charge in [-0.15, -0.1) is 0 Å². The fourth-order valence-corrected chi connectivity index (χ4v) is 18.7. The quantitative estimate of drug-likeness (QED) is 0.0634. The maximum atomic E-state index is 11.6. The molecule has 8 rings (SSSR count). The van der Waals surface area contributed by atoms with Crippen LogP contribution in [-0.2, 0) is 14.3 Å². The number of carbonyl (C=O) groups excluding carboxylic acids is 1. The van der Waals surface area contributed by atoms with E-state index in [9.17, 15) is 30.0 Å². The van der Waals surface area contributed by atoms with Gasteiger partial charge in [0.05, 0.1) is 31.5 Å². The Morgan fingerprint density at radius 1 is 0.561 bits per heavy atom. The Kier molecular flexibility index (Phi) is 20.9. The molecule has 0 bridgehead atoms. The van der Waals surface area contributed by atoms with Crippen LogP contribution in [0.4, 0.5) is 0 Å². The number of rotatable bonds is 12. The molecule has 0 aromatic rings. The third-order valence-corrected chi connectivity index (χ3v) is 22.6. The van der Waals surface area contributed by atoms with Crippen LogP contribution in [0.5, 0.6) is 0 Å². The van der Waals surface area contributed by atoms with Crippen LogP contribution in [0.1, 0.15) is 189 Å². The number of carboxylic acids is 1. The number of fused-ring (bicyclic) bond motifs is 10. The van der Waals surface area contributed by atoms with E-state index in [1.807, 2.05) is 0 Å². The molecule has 9 nitrogen and oxygen atoms in total. The van der Waals surface area contributed by atoms with Gasteiger partial charge in [0, 0.05) is 30.6 Å². The lowest BCUT2D eigenvalue weighted by Crippen LogP contribution is -2.58.